The molecule has 7 heteroatoms. The number of ether oxygens (including phenoxy) is 2. The lowest BCUT2D eigenvalue weighted by Gasteiger charge is -2.36. The number of hydrogen-bond acceptors (Lipinski definition) is 5. The predicted molar refractivity (Wildman–Crippen MR) is 103 cm³/mol. The van der Waals surface area contributed by atoms with E-state index in [0.717, 1.165) is 26.1 Å². The molecule has 0 saturated carbocycles. The molecule has 7 nitrogen and oxygen atoms in total. The summed E-state index contributed by atoms with van der Waals surface area (Å²) in [6, 6.07) is 6.96. The molecule has 0 aromatic heterocycles. The zero-order chi connectivity index (χ0) is 19.4. The summed E-state index contributed by atoms with van der Waals surface area (Å²) in [5, 5.41) is 5.87. The molecule has 2 N–H and O–H groups in total. The number of carbonyl (C=O) groups excluding carboxylic acids is 2. The molecule has 2 heterocycles. The van der Waals surface area contributed by atoms with Gasteiger partial charge < -0.3 is 20.1 Å². The van der Waals surface area contributed by atoms with Crippen LogP contribution in [-0.4, -0.2) is 61.4 Å². The van der Waals surface area contributed by atoms with E-state index >= 15 is 0 Å². The normalized spacial score (nSPS) is 25.1. The summed E-state index contributed by atoms with van der Waals surface area (Å²) in [4.78, 5) is 26.4. The first-order valence-electron chi connectivity index (χ1n) is 9.66. The van der Waals surface area contributed by atoms with Gasteiger partial charge in [-0.15, -0.1) is 0 Å². The van der Waals surface area contributed by atoms with Gasteiger partial charge in [-0.05, 0) is 43.5 Å². The van der Waals surface area contributed by atoms with E-state index < -0.39 is 0 Å². The van der Waals surface area contributed by atoms with Crippen molar-refractivity contribution in [3.8, 4) is 0 Å². The third-order valence-electron chi connectivity index (χ3n) is 5.18. The molecule has 148 valence electrons. The molecule has 0 unspecified atom stereocenters. The molecule has 27 heavy (non-hydrogen) atoms. The van der Waals surface area contributed by atoms with Crippen LogP contribution in [0.1, 0.15) is 37.6 Å². The van der Waals surface area contributed by atoms with Crippen LogP contribution in [0.3, 0.4) is 0 Å². The average molecular weight is 375 g/mol. The van der Waals surface area contributed by atoms with Gasteiger partial charge in [-0.3, -0.25) is 4.90 Å². The molecular weight excluding hydrogens is 346 g/mol. The number of amides is 2. The van der Waals surface area contributed by atoms with Crippen LogP contribution in [0.4, 0.5) is 10.5 Å². The second kappa shape index (κ2) is 8.71. The third-order valence-corrected chi connectivity index (χ3v) is 5.18. The minimum Gasteiger partial charge on any atom is -0.462 e. The minimum absolute atomic E-state index is 0.114. The van der Waals surface area contributed by atoms with Gasteiger partial charge in [0, 0.05) is 30.9 Å². The van der Waals surface area contributed by atoms with Crippen LogP contribution in [0.25, 0.3) is 0 Å². The largest absolute Gasteiger partial charge is 0.462 e. The van der Waals surface area contributed by atoms with E-state index in [1.165, 1.54) is 0 Å². The van der Waals surface area contributed by atoms with Gasteiger partial charge in [-0.2, -0.15) is 0 Å². The highest BCUT2D eigenvalue weighted by molar-refractivity contribution is 5.92. The van der Waals surface area contributed by atoms with Crippen molar-refractivity contribution in [1.29, 1.82) is 0 Å². The molecule has 2 fully saturated rings. The Bertz CT molecular complexity index is 662. The van der Waals surface area contributed by atoms with E-state index in [4.69, 9.17) is 9.47 Å². The number of rotatable bonds is 5. The third kappa shape index (κ3) is 4.99. The highest BCUT2D eigenvalue weighted by atomic mass is 16.5. The maximum absolute atomic E-state index is 12.3. The van der Waals surface area contributed by atoms with Crippen molar-refractivity contribution in [2.75, 3.05) is 31.6 Å². The molecule has 1 aromatic rings. The number of anilines is 1. The molecule has 0 radical (unpaired) electrons. The number of nitrogens with one attached hydrogen (secondary N) is 2. The van der Waals surface area contributed by atoms with Crippen molar-refractivity contribution in [3.05, 3.63) is 29.8 Å². The molecule has 2 saturated heterocycles. The quantitative estimate of drug-likeness (QED) is 0.773. The van der Waals surface area contributed by atoms with Gasteiger partial charge in [0.2, 0.25) is 0 Å². The van der Waals surface area contributed by atoms with Crippen LogP contribution in [0, 0.1) is 5.92 Å². The smallest absolute Gasteiger partial charge is 0.338 e. The number of morpholine rings is 1. The Morgan fingerprint density at radius 1 is 1.26 bits per heavy atom. The van der Waals surface area contributed by atoms with Crippen LogP contribution >= 0.6 is 0 Å². The number of urea groups is 1. The molecule has 2 aliphatic heterocycles. The molecule has 0 aliphatic carbocycles. The van der Waals surface area contributed by atoms with Gasteiger partial charge >= 0.3 is 12.0 Å². The number of hydrogen-bond donors (Lipinski definition) is 2. The Kier molecular flexibility index (Phi) is 6.34. The number of esters is 1. The highest BCUT2D eigenvalue weighted by Gasteiger charge is 2.38. The Morgan fingerprint density at radius 3 is 2.67 bits per heavy atom. The number of fused-ring (bicyclic) bond motifs is 1. The Morgan fingerprint density at radius 2 is 2.00 bits per heavy atom. The van der Waals surface area contributed by atoms with Crippen LogP contribution in [-0.2, 0) is 9.47 Å². The van der Waals surface area contributed by atoms with E-state index in [2.05, 4.69) is 29.4 Å². The van der Waals surface area contributed by atoms with Crippen molar-refractivity contribution in [2.24, 2.45) is 5.92 Å². The van der Waals surface area contributed by atoms with Crippen LogP contribution < -0.4 is 10.6 Å². The van der Waals surface area contributed by atoms with Crippen LogP contribution in [0.5, 0.6) is 0 Å². The fourth-order valence-corrected chi connectivity index (χ4v) is 3.66. The van der Waals surface area contributed by atoms with Gasteiger partial charge in [0.1, 0.15) is 0 Å². The first kappa shape index (κ1) is 19.6. The molecule has 2 aliphatic rings. The van der Waals surface area contributed by atoms with Gasteiger partial charge in [-0.25, -0.2) is 9.59 Å². The van der Waals surface area contributed by atoms with Crippen molar-refractivity contribution >= 4 is 17.7 Å². The topological polar surface area (TPSA) is 79.9 Å². The summed E-state index contributed by atoms with van der Waals surface area (Å²) < 4.78 is 10.9. The summed E-state index contributed by atoms with van der Waals surface area (Å²) in [5.74, 6) is 0.136. The van der Waals surface area contributed by atoms with E-state index in [0.29, 0.717) is 29.8 Å². The van der Waals surface area contributed by atoms with E-state index in [9.17, 15) is 9.59 Å². The van der Waals surface area contributed by atoms with Crippen LogP contribution in [0.15, 0.2) is 24.3 Å². The van der Waals surface area contributed by atoms with Crippen molar-refractivity contribution < 1.29 is 19.1 Å². The van der Waals surface area contributed by atoms with E-state index in [-0.39, 0.29) is 24.1 Å². The SMILES string of the molecule is CCOC(=O)c1ccc(NC(=O)N[C@H]2C[C@H]3CO[C@H](C(C)C)CN3C2)cc1. The van der Waals surface area contributed by atoms with Crippen molar-refractivity contribution in [2.45, 2.75) is 45.4 Å². The summed E-state index contributed by atoms with van der Waals surface area (Å²) in [6.07, 6.45) is 1.17. The Hall–Kier alpha value is -2.12. The zero-order valence-corrected chi connectivity index (χ0v) is 16.2. The Balaban J connectivity index is 1.48. The molecule has 3 atom stereocenters. The van der Waals surface area contributed by atoms with Crippen molar-refractivity contribution in [3.63, 3.8) is 0 Å². The van der Waals surface area contributed by atoms with E-state index in [1.54, 1.807) is 31.2 Å². The summed E-state index contributed by atoms with van der Waals surface area (Å²) in [6.45, 7) is 8.98. The number of nitrogens with zero attached hydrogens (tertiary/aromatic N) is 1. The first-order chi connectivity index (χ1) is 13.0. The maximum atomic E-state index is 12.3. The molecule has 0 bridgehead atoms. The van der Waals surface area contributed by atoms with Gasteiger partial charge in [0.15, 0.2) is 0 Å². The molecule has 1 aromatic carbocycles. The molecule has 2 amide bonds. The summed E-state index contributed by atoms with van der Waals surface area (Å²) in [7, 11) is 0. The summed E-state index contributed by atoms with van der Waals surface area (Å²) >= 11 is 0. The van der Waals surface area contributed by atoms with Gasteiger partial charge in [-0.1, -0.05) is 13.8 Å². The highest BCUT2D eigenvalue weighted by Crippen LogP contribution is 2.25. The second-order valence-electron chi connectivity index (χ2n) is 7.55. The van der Waals surface area contributed by atoms with E-state index in [1.807, 2.05) is 0 Å². The fourth-order valence-electron chi connectivity index (χ4n) is 3.66. The first-order valence-corrected chi connectivity index (χ1v) is 9.66. The standard InChI is InChI=1S/C20H29N3O4/c1-4-26-19(24)14-5-7-15(8-6-14)21-20(25)22-16-9-17-12-27-18(13(2)3)11-23(17)10-16/h5-8,13,16-18H,4,9-12H2,1-3H3,(H2,21,22,25)/t16-,17-,18-/m0/s1. The molecule has 0 spiro atoms. The lowest BCUT2D eigenvalue weighted by atomic mass is 10.0. The van der Waals surface area contributed by atoms with Gasteiger partial charge in [0.05, 0.1) is 24.9 Å². The maximum Gasteiger partial charge on any atom is 0.338 e. The van der Waals surface area contributed by atoms with Gasteiger partial charge in [0.25, 0.3) is 0 Å². The fraction of sp³-hybridized carbons (Fsp3) is 0.600. The number of benzene rings is 1. The predicted octanol–water partition coefficient (Wildman–Crippen LogP) is 2.48. The molecule has 3 rings (SSSR count). The Labute approximate surface area is 160 Å². The average Bonchev–Trinajstić information content (AvgIpc) is 3.03. The monoisotopic (exact) mass is 375 g/mol. The molecular formula is C20H29N3O4. The second-order valence-corrected chi connectivity index (χ2v) is 7.55. The van der Waals surface area contributed by atoms with Crippen LogP contribution in [0.2, 0.25) is 0 Å². The zero-order valence-electron chi connectivity index (χ0n) is 16.2. The minimum atomic E-state index is -0.363. The van der Waals surface area contributed by atoms with Crippen molar-refractivity contribution in [1.82, 2.24) is 10.2 Å². The number of carbonyl (C=O) groups is 2. The lowest BCUT2D eigenvalue weighted by Crippen LogP contribution is -2.48. The summed E-state index contributed by atoms with van der Waals surface area (Å²) in [5.41, 5.74) is 1.11. The lowest BCUT2D eigenvalue weighted by molar-refractivity contribution is -0.0683.